The van der Waals surface area contributed by atoms with Crippen LogP contribution in [0.2, 0.25) is 5.02 Å². The van der Waals surface area contributed by atoms with Crippen LogP contribution in [0.4, 0.5) is 0 Å². The highest BCUT2D eigenvalue weighted by Gasteiger charge is 2.17. The Morgan fingerprint density at radius 3 is 2.84 bits per heavy atom. The van der Waals surface area contributed by atoms with Crippen molar-refractivity contribution in [2.24, 2.45) is 0 Å². The number of amides is 1. The topological polar surface area (TPSA) is 59.8 Å². The van der Waals surface area contributed by atoms with Crippen molar-refractivity contribution in [3.8, 4) is 5.69 Å². The summed E-state index contributed by atoms with van der Waals surface area (Å²) in [6.07, 6.45) is 0.878. The van der Waals surface area contributed by atoms with Gasteiger partial charge in [0.1, 0.15) is 0 Å². The summed E-state index contributed by atoms with van der Waals surface area (Å²) in [5, 5.41) is 11.3. The van der Waals surface area contributed by atoms with Crippen LogP contribution in [0.15, 0.2) is 24.3 Å². The van der Waals surface area contributed by atoms with E-state index in [0.717, 1.165) is 6.42 Å². The number of benzene rings is 1. The minimum atomic E-state index is -0.211. The van der Waals surface area contributed by atoms with E-state index in [0.29, 0.717) is 28.6 Å². The van der Waals surface area contributed by atoms with Crippen LogP contribution >= 0.6 is 11.6 Å². The number of carbonyl (C=O) groups is 1. The molecule has 0 unspecified atom stereocenters. The number of aromatic nitrogens is 3. The summed E-state index contributed by atoms with van der Waals surface area (Å²) in [6.45, 7) is 4.41. The standard InChI is InChI=1S/C13H15ClN4O/c1-3-8-15-13(19)12-9(2)18(17-16-12)11-7-5-4-6-10(11)14/h4-7H,3,8H2,1-2H3,(H,15,19). The van der Waals surface area contributed by atoms with Crippen LogP contribution in [0.25, 0.3) is 5.69 Å². The summed E-state index contributed by atoms with van der Waals surface area (Å²) in [7, 11) is 0. The second-order valence-electron chi connectivity index (χ2n) is 4.14. The molecule has 2 aromatic rings. The van der Waals surface area contributed by atoms with E-state index in [-0.39, 0.29) is 5.91 Å². The number of nitrogens with zero attached hydrogens (tertiary/aromatic N) is 3. The predicted molar refractivity (Wildman–Crippen MR) is 73.7 cm³/mol. The third-order valence-corrected chi connectivity index (χ3v) is 3.05. The van der Waals surface area contributed by atoms with Gasteiger partial charge in [0.15, 0.2) is 5.69 Å². The van der Waals surface area contributed by atoms with Gasteiger partial charge in [-0.2, -0.15) is 0 Å². The van der Waals surface area contributed by atoms with Crippen LogP contribution in [0.1, 0.15) is 29.5 Å². The number of hydrogen-bond acceptors (Lipinski definition) is 3. The fourth-order valence-electron chi connectivity index (χ4n) is 1.71. The zero-order valence-corrected chi connectivity index (χ0v) is 11.6. The normalized spacial score (nSPS) is 10.5. The molecule has 6 heteroatoms. The smallest absolute Gasteiger partial charge is 0.273 e. The Morgan fingerprint density at radius 2 is 2.16 bits per heavy atom. The largest absolute Gasteiger partial charge is 0.351 e. The summed E-state index contributed by atoms with van der Waals surface area (Å²) >= 11 is 6.11. The van der Waals surface area contributed by atoms with Gasteiger partial charge in [0, 0.05) is 6.54 Å². The molecule has 0 aliphatic carbocycles. The first-order chi connectivity index (χ1) is 9.15. The molecule has 0 bridgehead atoms. The van der Waals surface area contributed by atoms with Crippen molar-refractivity contribution in [2.75, 3.05) is 6.54 Å². The Balaban J connectivity index is 2.33. The molecule has 0 aliphatic heterocycles. The maximum Gasteiger partial charge on any atom is 0.273 e. The van der Waals surface area contributed by atoms with E-state index in [1.165, 1.54) is 0 Å². The van der Waals surface area contributed by atoms with Crippen LogP contribution in [-0.4, -0.2) is 27.4 Å². The highest BCUT2D eigenvalue weighted by Crippen LogP contribution is 2.20. The van der Waals surface area contributed by atoms with Crippen LogP contribution in [0.5, 0.6) is 0 Å². The molecule has 100 valence electrons. The number of carbonyl (C=O) groups excluding carboxylic acids is 1. The number of halogens is 1. The predicted octanol–water partition coefficient (Wildman–Crippen LogP) is 2.37. The molecule has 1 heterocycles. The van der Waals surface area contributed by atoms with E-state index in [4.69, 9.17) is 11.6 Å². The monoisotopic (exact) mass is 278 g/mol. The first kappa shape index (κ1) is 13.5. The van der Waals surface area contributed by atoms with E-state index in [2.05, 4.69) is 15.6 Å². The number of rotatable bonds is 4. The fourth-order valence-corrected chi connectivity index (χ4v) is 1.93. The lowest BCUT2D eigenvalue weighted by molar-refractivity contribution is 0.0948. The SMILES string of the molecule is CCCNC(=O)c1nnn(-c2ccccc2Cl)c1C. The van der Waals surface area contributed by atoms with Crippen molar-refractivity contribution in [1.29, 1.82) is 0 Å². The molecule has 0 radical (unpaired) electrons. The van der Waals surface area contributed by atoms with Crippen LogP contribution in [0.3, 0.4) is 0 Å². The zero-order chi connectivity index (χ0) is 13.8. The van der Waals surface area contributed by atoms with E-state index >= 15 is 0 Å². The van der Waals surface area contributed by atoms with Crippen molar-refractivity contribution >= 4 is 17.5 Å². The van der Waals surface area contributed by atoms with Crippen molar-refractivity contribution in [2.45, 2.75) is 20.3 Å². The molecular formula is C13H15ClN4O. The molecule has 1 aromatic carbocycles. The second kappa shape index (κ2) is 5.84. The Hall–Kier alpha value is -1.88. The van der Waals surface area contributed by atoms with Gasteiger partial charge in [-0.3, -0.25) is 4.79 Å². The zero-order valence-electron chi connectivity index (χ0n) is 10.9. The van der Waals surface area contributed by atoms with Crippen molar-refractivity contribution in [1.82, 2.24) is 20.3 Å². The van der Waals surface area contributed by atoms with Crippen molar-refractivity contribution in [3.05, 3.63) is 40.7 Å². The molecule has 0 atom stereocenters. The third kappa shape index (κ3) is 2.76. The minimum absolute atomic E-state index is 0.211. The molecule has 2 rings (SSSR count). The Morgan fingerprint density at radius 1 is 1.42 bits per heavy atom. The quantitative estimate of drug-likeness (QED) is 0.934. The van der Waals surface area contributed by atoms with Gasteiger partial charge in [-0.05, 0) is 25.5 Å². The van der Waals surface area contributed by atoms with E-state index in [9.17, 15) is 4.79 Å². The molecule has 0 aliphatic rings. The minimum Gasteiger partial charge on any atom is -0.351 e. The van der Waals surface area contributed by atoms with Crippen LogP contribution < -0.4 is 5.32 Å². The average molecular weight is 279 g/mol. The molecular weight excluding hydrogens is 264 g/mol. The summed E-state index contributed by atoms with van der Waals surface area (Å²) < 4.78 is 1.57. The molecule has 1 amide bonds. The maximum atomic E-state index is 11.9. The van der Waals surface area contributed by atoms with Gasteiger partial charge in [0.2, 0.25) is 0 Å². The van der Waals surface area contributed by atoms with E-state index in [1.807, 2.05) is 25.1 Å². The lowest BCUT2D eigenvalue weighted by atomic mass is 10.3. The molecule has 0 saturated carbocycles. The van der Waals surface area contributed by atoms with Gasteiger partial charge in [0.05, 0.1) is 16.4 Å². The van der Waals surface area contributed by atoms with Gasteiger partial charge < -0.3 is 5.32 Å². The Labute approximate surface area is 116 Å². The summed E-state index contributed by atoms with van der Waals surface area (Å²) in [6, 6.07) is 7.30. The molecule has 0 spiro atoms. The number of para-hydroxylation sites is 1. The van der Waals surface area contributed by atoms with Crippen LogP contribution in [-0.2, 0) is 0 Å². The number of hydrogen-bond donors (Lipinski definition) is 1. The first-order valence-electron chi connectivity index (χ1n) is 6.10. The van der Waals surface area contributed by atoms with Crippen molar-refractivity contribution < 1.29 is 4.79 Å². The molecule has 19 heavy (non-hydrogen) atoms. The highest BCUT2D eigenvalue weighted by molar-refractivity contribution is 6.32. The fraction of sp³-hybridized carbons (Fsp3) is 0.308. The summed E-state index contributed by atoms with van der Waals surface area (Å²) in [4.78, 5) is 11.9. The lowest BCUT2D eigenvalue weighted by Crippen LogP contribution is -2.25. The van der Waals surface area contributed by atoms with E-state index < -0.39 is 0 Å². The molecule has 1 N–H and O–H groups in total. The van der Waals surface area contributed by atoms with Gasteiger partial charge >= 0.3 is 0 Å². The van der Waals surface area contributed by atoms with Crippen molar-refractivity contribution in [3.63, 3.8) is 0 Å². The Kier molecular flexibility index (Phi) is 4.16. The van der Waals surface area contributed by atoms with Gasteiger partial charge in [0.25, 0.3) is 5.91 Å². The van der Waals surface area contributed by atoms with Gasteiger partial charge in [-0.1, -0.05) is 35.9 Å². The summed E-state index contributed by atoms with van der Waals surface area (Å²) in [5.74, 6) is -0.211. The first-order valence-corrected chi connectivity index (χ1v) is 6.48. The average Bonchev–Trinajstić information content (AvgIpc) is 2.78. The summed E-state index contributed by atoms with van der Waals surface area (Å²) in [5.41, 5.74) is 1.71. The molecule has 5 nitrogen and oxygen atoms in total. The third-order valence-electron chi connectivity index (χ3n) is 2.73. The molecule has 0 saturated heterocycles. The molecule has 0 fully saturated rings. The van der Waals surface area contributed by atoms with E-state index in [1.54, 1.807) is 17.7 Å². The Bertz CT molecular complexity index is 594. The lowest BCUT2D eigenvalue weighted by Gasteiger charge is -2.05. The van der Waals surface area contributed by atoms with Gasteiger partial charge in [-0.25, -0.2) is 4.68 Å². The number of nitrogens with one attached hydrogen (secondary N) is 1. The highest BCUT2D eigenvalue weighted by atomic mass is 35.5. The maximum absolute atomic E-state index is 11.9. The van der Waals surface area contributed by atoms with Gasteiger partial charge in [-0.15, -0.1) is 5.10 Å². The second-order valence-corrected chi connectivity index (χ2v) is 4.55. The van der Waals surface area contributed by atoms with Crippen LogP contribution in [0, 0.1) is 6.92 Å². The molecule has 1 aromatic heterocycles.